The first-order valence-electron chi connectivity index (χ1n) is 9.54. The highest BCUT2D eigenvalue weighted by atomic mass is 35.5. The maximum absolute atomic E-state index is 12.4. The molecule has 30 heavy (non-hydrogen) atoms. The Morgan fingerprint density at radius 2 is 1.53 bits per heavy atom. The summed E-state index contributed by atoms with van der Waals surface area (Å²) < 4.78 is 5.71. The van der Waals surface area contributed by atoms with Crippen molar-refractivity contribution in [3.8, 4) is 5.75 Å². The minimum atomic E-state index is -0.727. The molecule has 0 aliphatic rings. The molecule has 0 fully saturated rings. The predicted molar refractivity (Wildman–Crippen MR) is 120 cm³/mol. The maximum Gasteiger partial charge on any atom is 0.265 e. The van der Waals surface area contributed by atoms with Crippen molar-refractivity contribution < 1.29 is 14.3 Å². The lowest BCUT2D eigenvalue weighted by atomic mass is 10.1. The van der Waals surface area contributed by atoms with Crippen LogP contribution in [0.5, 0.6) is 5.75 Å². The summed E-state index contributed by atoms with van der Waals surface area (Å²) in [4.78, 5) is 24.9. The fourth-order valence-electron chi connectivity index (χ4n) is 2.81. The number of aryl methyl sites for hydroxylation is 2. The van der Waals surface area contributed by atoms with Crippen LogP contribution < -0.4 is 15.4 Å². The maximum atomic E-state index is 12.4. The fraction of sp³-hybridized carbons (Fsp3) is 0.167. The van der Waals surface area contributed by atoms with Gasteiger partial charge in [-0.2, -0.15) is 0 Å². The second-order valence-corrected chi connectivity index (χ2v) is 7.44. The van der Waals surface area contributed by atoms with Crippen molar-refractivity contribution in [2.75, 3.05) is 10.6 Å². The van der Waals surface area contributed by atoms with Crippen molar-refractivity contribution in [3.05, 3.63) is 88.4 Å². The van der Waals surface area contributed by atoms with E-state index in [9.17, 15) is 9.59 Å². The average Bonchev–Trinajstić information content (AvgIpc) is 2.72. The Hall–Kier alpha value is -3.31. The van der Waals surface area contributed by atoms with Crippen molar-refractivity contribution in [1.29, 1.82) is 0 Å². The molecule has 2 amide bonds. The van der Waals surface area contributed by atoms with Crippen LogP contribution in [0.25, 0.3) is 0 Å². The lowest BCUT2D eigenvalue weighted by molar-refractivity contribution is -0.122. The quantitative estimate of drug-likeness (QED) is 0.542. The molecule has 1 atom stereocenters. The number of hydrogen-bond donors (Lipinski definition) is 2. The standard InChI is InChI=1S/C24H23ClN2O3/c1-15-6-4-5-7-21(15)26-24(29)18-9-12-20(13-10-18)30-17(3)23(28)27-22-14-19(25)11-8-16(22)2/h4-14,17H,1-3H3,(H,26,29)(H,27,28)/t17-/m0/s1. The van der Waals surface area contributed by atoms with Gasteiger partial charge in [-0.1, -0.05) is 35.9 Å². The highest BCUT2D eigenvalue weighted by Gasteiger charge is 2.16. The Balaban J connectivity index is 1.60. The Morgan fingerprint density at radius 3 is 2.23 bits per heavy atom. The van der Waals surface area contributed by atoms with Gasteiger partial charge in [0, 0.05) is 22.0 Å². The number of para-hydroxylation sites is 1. The van der Waals surface area contributed by atoms with Crippen LogP contribution >= 0.6 is 11.6 Å². The number of anilines is 2. The molecule has 0 saturated heterocycles. The van der Waals surface area contributed by atoms with Crippen molar-refractivity contribution in [1.82, 2.24) is 0 Å². The number of amides is 2. The van der Waals surface area contributed by atoms with Crippen LogP contribution in [0.4, 0.5) is 11.4 Å². The first kappa shape index (κ1) is 21.4. The zero-order valence-corrected chi connectivity index (χ0v) is 17.8. The van der Waals surface area contributed by atoms with Gasteiger partial charge in [0.25, 0.3) is 11.8 Å². The number of carbonyl (C=O) groups is 2. The van der Waals surface area contributed by atoms with Gasteiger partial charge in [0.15, 0.2) is 6.10 Å². The summed E-state index contributed by atoms with van der Waals surface area (Å²) in [5.41, 5.74) is 3.80. The molecule has 0 aromatic heterocycles. The topological polar surface area (TPSA) is 67.4 Å². The second-order valence-electron chi connectivity index (χ2n) is 7.00. The molecule has 0 unspecified atom stereocenters. The number of ether oxygens (including phenoxy) is 1. The van der Waals surface area contributed by atoms with Crippen molar-refractivity contribution in [2.24, 2.45) is 0 Å². The Kier molecular flexibility index (Phi) is 6.75. The van der Waals surface area contributed by atoms with E-state index in [-0.39, 0.29) is 11.8 Å². The van der Waals surface area contributed by atoms with E-state index in [0.29, 0.717) is 22.0 Å². The summed E-state index contributed by atoms with van der Waals surface area (Å²) in [5.74, 6) is -0.00674. The molecule has 3 aromatic rings. The number of rotatable bonds is 6. The molecule has 0 saturated carbocycles. The lowest BCUT2D eigenvalue weighted by Crippen LogP contribution is -2.30. The molecule has 3 rings (SSSR count). The summed E-state index contributed by atoms with van der Waals surface area (Å²) in [7, 11) is 0. The van der Waals surface area contributed by atoms with Gasteiger partial charge >= 0.3 is 0 Å². The van der Waals surface area contributed by atoms with Gasteiger partial charge in [-0.05, 0) is 74.4 Å². The fourth-order valence-corrected chi connectivity index (χ4v) is 2.99. The molecule has 3 aromatic carbocycles. The summed E-state index contributed by atoms with van der Waals surface area (Å²) in [6.45, 7) is 5.48. The number of carbonyl (C=O) groups excluding carboxylic acids is 2. The van der Waals surface area contributed by atoms with Gasteiger partial charge in [-0.15, -0.1) is 0 Å². The molecular weight excluding hydrogens is 400 g/mol. The van der Waals surface area contributed by atoms with Gasteiger partial charge in [0.2, 0.25) is 0 Å². The minimum Gasteiger partial charge on any atom is -0.481 e. The van der Waals surface area contributed by atoms with Gasteiger partial charge in [0.05, 0.1) is 0 Å². The van der Waals surface area contributed by atoms with Gasteiger partial charge in [0.1, 0.15) is 5.75 Å². The summed E-state index contributed by atoms with van der Waals surface area (Å²) in [6.07, 6.45) is -0.727. The largest absolute Gasteiger partial charge is 0.481 e. The van der Waals surface area contributed by atoms with E-state index >= 15 is 0 Å². The normalized spacial score (nSPS) is 11.5. The van der Waals surface area contributed by atoms with Crippen LogP contribution in [0, 0.1) is 13.8 Å². The smallest absolute Gasteiger partial charge is 0.265 e. The van der Waals surface area contributed by atoms with Crippen LogP contribution in [0.15, 0.2) is 66.7 Å². The number of halogens is 1. The van der Waals surface area contributed by atoms with E-state index in [1.54, 1.807) is 43.3 Å². The third-order valence-corrected chi connectivity index (χ3v) is 4.88. The van der Waals surface area contributed by atoms with Crippen molar-refractivity contribution >= 4 is 34.8 Å². The van der Waals surface area contributed by atoms with Gasteiger partial charge in [-0.3, -0.25) is 9.59 Å². The first-order valence-corrected chi connectivity index (χ1v) is 9.92. The summed E-state index contributed by atoms with van der Waals surface area (Å²) >= 11 is 5.99. The van der Waals surface area contributed by atoms with E-state index in [0.717, 1.165) is 16.8 Å². The molecule has 0 aliphatic carbocycles. The van der Waals surface area contributed by atoms with Gasteiger partial charge in [-0.25, -0.2) is 0 Å². The Bertz CT molecular complexity index is 1060. The number of hydrogen-bond acceptors (Lipinski definition) is 3. The SMILES string of the molecule is Cc1ccccc1NC(=O)c1ccc(O[C@@H](C)C(=O)Nc2cc(Cl)ccc2C)cc1. The van der Waals surface area contributed by atoms with Crippen LogP contribution in [0.3, 0.4) is 0 Å². The third kappa shape index (κ3) is 5.39. The van der Waals surface area contributed by atoms with Crippen molar-refractivity contribution in [3.63, 3.8) is 0 Å². The van der Waals surface area contributed by atoms with Crippen LogP contribution in [0.1, 0.15) is 28.4 Å². The predicted octanol–water partition coefficient (Wildman–Crippen LogP) is 5.62. The molecule has 0 radical (unpaired) electrons. The molecule has 5 nitrogen and oxygen atoms in total. The van der Waals surface area contributed by atoms with E-state index in [1.807, 2.05) is 44.2 Å². The Labute approximate surface area is 181 Å². The van der Waals surface area contributed by atoms with Crippen molar-refractivity contribution in [2.45, 2.75) is 26.9 Å². The first-order chi connectivity index (χ1) is 14.3. The molecule has 154 valence electrons. The molecule has 6 heteroatoms. The zero-order valence-electron chi connectivity index (χ0n) is 17.0. The van der Waals surface area contributed by atoms with Crippen LogP contribution in [0.2, 0.25) is 5.02 Å². The molecule has 0 spiro atoms. The summed E-state index contributed by atoms with van der Waals surface area (Å²) in [5, 5.41) is 6.25. The number of nitrogens with one attached hydrogen (secondary N) is 2. The minimum absolute atomic E-state index is 0.210. The molecule has 0 aliphatic heterocycles. The molecular formula is C24H23ClN2O3. The molecule has 0 heterocycles. The van der Waals surface area contributed by atoms with E-state index in [4.69, 9.17) is 16.3 Å². The average molecular weight is 423 g/mol. The van der Waals surface area contributed by atoms with Crippen LogP contribution in [-0.2, 0) is 4.79 Å². The van der Waals surface area contributed by atoms with Gasteiger partial charge < -0.3 is 15.4 Å². The molecule has 0 bridgehead atoms. The zero-order chi connectivity index (χ0) is 21.7. The number of benzene rings is 3. The van der Waals surface area contributed by atoms with E-state index in [2.05, 4.69) is 10.6 Å². The molecule has 2 N–H and O–H groups in total. The monoisotopic (exact) mass is 422 g/mol. The van der Waals surface area contributed by atoms with Crippen LogP contribution in [-0.4, -0.2) is 17.9 Å². The van der Waals surface area contributed by atoms with E-state index in [1.165, 1.54) is 0 Å². The highest BCUT2D eigenvalue weighted by molar-refractivity contribution is 6.31. The summed E-state index contributed by atoms with van der Waals surface area (Å²) in [6, 6.07) is 19.5. The Morgan fingerprint density at radius 1 is 0.867 bits per heavy atom. The highest BCUT2D eigenvalue weighted by Crippen LogP contribution is 2.21. The lowest BCUT2D eigenvalue weighted by Gasteiger charge is -2.16. The van der Waals surface area contributed by atoms with E-state index < -0.39 is 6.10 Å². The third-order valence-electron chi connectivity index (χ3n) is 4.65. The second kappa shape index (κ2) is 9.46.